The smallest absolute Gasteiger partial charge is 0.319 e. The molecule has 26 heavy (non-hydrogen) atoms. The molecule has 0 saturated heterocycles. The Bertz CT molecular complexity index is 694. The zero-order valence-corrected chi connectivity index (χ0v) is 15.7. The molecule has 6 heteroatoms. The minimum atomic E-state index is -0.278. The fourth-order valence-corrected chi connectivity index (χ4v) is 2.64. The van der Waals surface area contributed by atoms with Gasteiger partial charge in [0.15, 0.2) is 11.5 Å². The molecule has 0 saturated carbocycles. The Morgan fingerprint density at radius 2 is 1.62 bits per heavy atom. The van der Waals surface area contributed by atoms with Gasteiger partial charge in [-0.25, -0.2) is 4.79 Å². The minimum absolute atomic E-state index is 0.0391. The molecule has 2 aromatic carbocycles. The van der Waals surface area contributed by atoms with Crippen molar-refractivity contribution in [3.8, 4) is 17.2 Å². The second-order valence-electron chi connectivity index (χ2n) is 5.94. The molecule has 0 bridgehead atoms. The molecule has 2 rings (SSSR count). The molecular weight excluding hydrogens is 332 g/mol. The van der Waals surface area contributed by atoms with E-state index in [0.717, 1.165) is 12.8 Å². The zero-order chi connectivity index (χ0) is 18.9. The third-order valence-electron chi connectivity index (χ3n) is 4.01. The van der Waals surface area contributed by atoms with E-state index in [9.17, 15) is 4.79 Å². The number of benzene rings is 2. The zero-order valence-electron chi connectivity index (χ0n) is 15.7. The van der Waals surface area contributed by atoms with Crippen LogP contribution in [0.4, 0.5) is 10.5 Å². The molecule has 0 spiro atoms. The highest BCUT2D eigenvalue weighted by atomic mass is 16.5. The maximum Gasteiger partial charge on any atom is 0.319 e. The van der Waals surface area contributed by atoms with Gasteiger partial charge in [-0.3, -0.25) is 0 Å². The molecule has 0 heterocycles. The normalized spacial score (nSPS) is 11.4. The topological polar surface area (TPSA) is 68.8 Å². The van der Waals surface area contributed by atoms with Gasteiger partial charge in [-0.2, -0.15) is 0 Å². The Morgan fingerprint density at radius 1 is 1.00 bits per heavy atom. The van der Waals surface area contributed by atoms with E-state index in [1.165, 1.54) is 26.9 Å². The Balaban J connectivity index is 1.94. The van der Waals surface area contributed by atoms with Gasteiger partial charge in [0.25, 0.3) is 0 Å². The van der Waals surface area contributed by atoms with Crippen molar-refractivity contribution in [3.63, 3.8) is 0 Å². The lowest BCUT2D eigenvalue weighted by atomic mass is 10.1. The van der Waals surface area contributed by atoms with Crippen LogP contribution in [0.5, 0.6) is 17.2 Å². The summed E-state index contributed by atoms with van der Waals surface area (Å²) in [7, 11) is 4.61. The second-order valence-corrected chi connectivity index (χ2v) is 5.94. The van der Waals surface area contributed by atoms with Gasteiger partial charge in [0.05, 0.1) is 27.0 Å². The number of urea groups is 1. The number of anilines is 1. The third kappa shape index (κ3) is 5.31. The van der Waals surface area contributed by atoms with E-state index in [1.807, 2.05) is 25.1 Å². The van der Waals surface area contributed by atoms with Gasteiger partial charge in [0.2, 0.25) is 5.75 Å². The van der Waals surface area contributed by atoms with Crippen LogP contribution in [0.15, 0.2) is 42.5 Å². The minimum Gasteiger partial charge on any atom is -0.493 e. The van der Waals surface area contributed by atoms with E-state index in [0.29, 0.717) is 22.9 Å². The molecular formula is C20H26N2O4. The van der Waals surface area contributed by atoms with E-state index in [-0.39, 0.29) is 12.1 Å². The number of aryl methyl sites for hydroxylation is 1. The number of carbonyl (C=O) groups is 1. The predicted molar refractivity (Wildman–Crippen MR) is 102 cm³/mol. The van der Waals surface area contributed by atoms with Crippen molar-refractivity contribution in [3.05, 3.63) is 48.0 Å². The Labute approximate surface area is 154 Å². The Hall–Kier alpha value is -2.89. The van der Waals surface area contributed by atoms with Crippen LogP contribution in [0.3, 0.4) is 0 Å². The third-order valence-corrected chi connectivity index (χ3v) is 4.01. The van der Waals surface area contributed by atoms with Gasteiger partial charge in [0, 0.05) is 18.2 Å². The van der Waals surface area contributed by atoms with Gasteiger partial charge >= 0.3 is 6.03 Å². The number of hydrogen-bond acceptors (Lipinski definition) is 4. The summed E-state index contributed by atoms with van der Waals surface area (Å²) in [5.74, 6) is 1.45. The standard InChI is InChI=1S/C20H26N2O4/c1-14(10-11-15-8-6-5-7-9-15)21-20(23)22-16-12-17(24-2)19(26-4)18(13-16)25-3/h5-9,12-14H,10-11H2,1-4H3,(H2,21,22,23)/t14-/m0/s1. The van der Waals surface area contributed by atoms with E-state index in [2.05, 4.69) is 22.8 Å². The lowest BCUT2D eigenvalue weighted by molar-refractivity contribution is 0.248. The highest BCUT2D eigenvalue weighted by molar-refractivity contribution is 5.90. The molecule has 140 valence electrons. The number of amides is 2. The number of ether oxygens (including phenoxy) is 3. The van der Waals surface area contributed by atoms with E-state index >= 15 is 0 Å². The van der Waals surface area contributed by atoms with Crippen LogP contribution >= 0.6 is 0 Å². The van der Waals surface area contributed by atoms with E-state index < -0.39 is 0 Å². The van der Waals surface area contributed by atoms with Crippen molar-refractivity contribution in [2.24, 2.45) is 0 Å². The fraction of sp³-hybridized carbons (Fsp3) is 0.350. The summed E-state index contributed by atoms with van der Waals surface area (Å²) in [4.78, 5) is 12.3. The van der Waals surface area contributed by atoms with Gasteiger partial charge in [-0.15, -0.1) is 0 Å². The lowest BCUT2D eigenvalue weighted by Gasteiger charge is -2.17. The molecule has 6 nitrogen and oxygen atoms in total. The first-order valence-electron chi connectivity index (χ1n) is 8.48. The Kier molecular flexibility index (Phi) is 7.14. The highest BCUT2D eigenvalue weighted by Gasteiger charge is 2.15. The molecule has 2 amide bonds. The van der Waals surface area contributed by atoms with E-state index in [1.54, 1.807) is 12.1 Å². The summed E-state index contributed by atoms with van der Waals surface area (Å²) in [6, 6.07) is 13.3. The number of rotatable bonds is 8. The van der Waals surface area contributed by atoms with Crippen molar-refractivity contribution in [1.29, 1.82) is 0 Å². The molecule has 0 aromatic heterocycles. The van der Waals surface area contributed by atoms with Crippen LogP contribution in [0, 0.1) is 0 Å². The highest BCUT2D eigenvalue weighted by Crippen LogP contribution is 2.39. The van der Waals surface area contributed by atoms with Crippen LogP contribution in [0.25, 0.3) is 0 Å². The van der Waals surface area contributed by atoms with Gasteiger partial charge in [-0.1, -0.05) is 30.3 Å². The molecule has 0 radical (unpaired) electrons. The summed E-state index contributed by atoms with van der Waals surface area (Å²) < 4.78 is 15.9. The van der Waals surface area contributed by atoms with Crippen LogP contribution in [-0.2, 0) is 6.42 Å². The van der Waals surface area contributed by atoms with Gasteiger partial charge in [-0.05, 0) is 25.3 Å². The van der Waals surface area contributed by atoms with Crippen LogP contribution < -0.4 is 24.8 Å². The van der Waals surface area contributed by atoms with Crippen molar-refractivity contribution in [2.75, 3.05) is 26.6 Å². The number of hydrogen-bond donors (Lipinski definition) is 2. The van der Waals surface area contributed by atoms with Crippen molar-refractivity contribution >= 4 is 11.7 Å². The summed E-state index contributed by atoms with van der Waals surface area (Å²) in [5, 5.41) is 5.75. The van der Waals surface area contributed by atoms with Crippen molar-refractivity contribution in [1.82, 2.24) is 5.32 Å². The van der Waals surface area contributed by atoms with Crippen LogP contribution in [0.1, 0.15) is 18.9 Å². The van der Waals surface area contributed by atoms with Crippen LogP contribution in [-0.4, -0.2) is 33.4 Å². The molecule has 0 unspecified atom stereocenters. The molecule has 0 aliphatic heterocycles. The first-order chi connectivity index (χ1) is 12.6. The summed E-state index contributed by atoms with van der Waals surface area (Å²) in [6.07, 6.45) is 1.76. The molecule has 2 aromatic rings. The summed E-state index contributed by atoms with van der Waals surface area (Å²) in [5.41, 5.74) is 1.82. The van der Waals surface area contributed by atoms with Crippen molar-refractivity contribution < 1.29 is 19.0 Å². The summed E-state index contributed by atoms with van der Waals surface area (Å²) >= 11 is 0. The first-order valence-corrected chi connectivity index (χ1v) is 8.48. The average Bonchev–Trinajstić information content (AvgIpc) is 2.66. The van der Waals surface area contributed by atoms with Gasteiger partial charge in [0.1, 0.15) is 0 Å². The average molecular weight is 358 g/mol. The Morgan fingerprint density at radius 3 is 2.15 bits per heavy atom. The number of carbonyl (C=O) groups excluding carboxylic acids is 1. The van der Waals surface area contributed by atoms with E-state index in [4.69, 9.17) is 14.2 Å². The maximum atomic E-state index is 12.3. The monoisotopic (exact) mass is 358 g/mol. The van der Waals surface area contributed by atoms with Crippen LogP contribution in [0.2, 0.25) is 0 Å². The quantitative estimate of drug-likeness (QED) is 0.752. The molecule has 0 aliphatic rings. The predicted octanol–water partition coefficient (Wildman–Crippen LogP) is 3.86. The molecule has 0 fully saturated rings. The second kappa shape index (κ2) is 9.56. The molecule has 2 N–H and O–H groups in total. The number of nitrogens with one attached hydrogen (secondary N) is 2. The number of methoxy groups -OCH3 is 3. The SMILES string of the molecule is COc1cc(NC(=O)N[C@@H](C)CCc2ccccc2)cc(OC)c1OC. The largest absolute Gasteiger partial charge is 0.493 e. The molecule has 1 atom stereocenters. The molecule has 0 aliphatic carbocycles. The van der Waals surface area contributed by atoms with Gasteiger partial charge < -0.3 is 24.8 Å². The first kappa shape index (κ1) is 19.4. The fourth-order valence-electron chi connectivity index (χ4n) is 2.64. The summed E-state index contributed by atoms with van der Waals surface area (Å²) in [6.45, 7) is 1.98. The lowest BCUT2D eigenvalue weighted by Crippen LogP contribution is -2.36. The van der Waals surface area contributed by atoms with Crippen molar-refractivity contribution in [2.45, 2.75) is 25.8 Å². The maximum absolute atomic E-state index is 12.3.